The van der Waals surface area contributed by atoms with Gasteiger partial charge in [0.1, 0.15) is 6.54 Å². The fourth-order valence-electron chi connectivity index (χ4n) is 2.59. The molecule has 1 fully saturated rings. The van der Waals surface area contributed by atoms with E-state index >= 15 is 0 Å². The van der Waals surface area contributed by atoms with Gasteiger partial charge in [0.2, 0.25) is 0 Å². The second kappa shape index (κ2) is 4.57. The lowest BCUT2D eigenvalue weighted by Gasteiger charge is -2.40. The van der Waals surface area contributed by atoms with Gasteiger partial charge in [0.05, 0.1) is 25.7 Å². The number of para-hydroxylation sites is 1. The predicted molar refractivity (Wildman–Crippen MR) is 67.8 cm³/mol. The molecule has 1 saturated heterocycles. The first-order valence-electron chi connectivity index (χ1n) is 6.33. The van der Waals surface area contributed by atoms with Crippen LogP contribution in [0.4, 0.5) is 0 Å². The third kappa shape index (κ3) is 2.72. The molecule has 0 radical (unpaired) electrons. The van der Waals surface area contributed by atoms with Crippen LogP contribution in [0.2, 0.25) is 0 Å². The molecule has 2 rings (SSSR count). The third-order valence-electron chi connectivity index (χ3n) is 3.97. The topological polar surface area (TPSA) is 40.5 Å². The minimum atomic E-state index is -0.0144. The van der Waals surface area contributed by atoms with E-state index in [-0.39, 0.29) is 11.5 Å². The summed E-state index contributed by atoms with van der Waals surface area (Å²) in [7, 11) is 2.23. The first-order valence-corrected chi connectivity index (χ1v) is 6.33. The molecule has 1 heterocycles. The Hall–Kier alpha value is -1.22. The molecule has 1 aliphatic rings. The Morgan fingerprint density at radius 3 is 2.53 bits per heavy atom. The van der Waals surface area contributed by atoms with E-state index in [1.165, 1.54) is 18.9 Å². The molecule has 0 amide bonds. The summed E-state index contributed by atoms with van der Waals surface area (Å²) in [5, 5.41) is 19.3. The SMILES string of the molecule is CC1CC[N+](C)(Cc2cccc(O)c2O)CC1. The van der Waals surface area contributed by atoms with Crippen molar-refractivity contribution in [3.63, 3.8) is 0 Å². The molecule has 0 aromatic heterocycles. The van der Waals surface area contributed by atoms with Gasteiger partial charge in [-0.25, -0.2) is 0 Å². The van der Waals surface area contributed by atoms with Gasteiger partial charge in [-0.3, -0.25) is 0 Å². The smallest absolute Gasteiger partial charge is 0.166 e. The fraction of sp³-hybridized carbons (Fsp3) is 0.571. The van der Waals surface area contributed by atoms with E-state index in [1.807, 2.05) is 6.07 Å². The lowest BCUT2D eigenvalue weighted by Crippen LogP contribution is -2.48. The Balaban J connectivity index is 2.12. The van der Waals surface area contributed by atoms with Crippen LogP contribution in [0.25, 0.3) is 0 Å². The average Bonchev–Trinajstić information content (AvgIpc) is 2.30. The fourth-order valence-corrected chi connectivity index (χ4v) is 2.59. The molecule has 0 aliphatic carbocycles. The van der Waals surface area contributed by atoms with Crippen LogP contribution < -0.4 is 0 Å². The summed E-state index contributed by atoms with van der Waals surface area (Å²) < 4.78 is 0.960. The van der Waals surface area contributed by atoms with Crippen molar-refractivity contribution in [3.05, 3.63) is 23.8 Å². The number of aromatic hydroxyl groups is 2. The summed E-state index contributed by atoms with van der Waals surface area (Å²) in [6.07, 6.45) is 2.49. The Morgan fingerprint density at radius 1 is 1.24 bits per heavy atom. The van der Waals surface area contributed by atoms with Gasteiger partial charge in [0.15, 0.2) is 11.5 Å². The number of hydrogen-bond donors (Lipinski definition) is 2. The zero-order valence-corrected chi connectivity index (χ0v) is 10.7. The van der Waals surface area contributed by atoms with E-state index in [1.54, 1.807) is 6.07 Å². The minimum Gasteiger partial charge on any atom is -0.504 e. The second-order valence-corrected chi connectivity index (χ2v) is 5.69. The van der Waals surface area contributed by atoms with Crippen LogP contribution >= 0.6 is 0 Å². The van der Waals surface area contributed by atoms with Crippen LogP contribution in [0.1, 0.15) is 25.3 Å². The second-order valence-electron chi connectivity index (χ2n) is 5.69. The molecule has 1 aromatic carbocycles. The highest BCUT2D eigenvalue weighted by molar-refractivity contribution is 5.43. The third-order valence-corrected chi connectivity index (χ3v) is 3.97. The van der Waals surface area contributed by atoms with Crippen LogP contribution in [-0.2, 0) is 6.54 Å². The number of phenolic OH excluding ortho intramolecular Hbond substituents is 2. The molecule has 94 valence electrons. The molecule has 0 unspecified atom stereocenters. The summed E-state index contributed by atoms with van der Waals surface area (Å²) in [6, 6.07) is 5.22. The van der Waals surface area contributed by atoms with Crippen molar-refractivity contribution >= 4 is 0 Å². The first kappa shape index (κ1) is 12.2. The Bertz CT molecular complexity index is 395. The number of phenols is 2. The van der Waals surface area contributed by atoms with E-state index in [0.717, 1.165) is 35.6 Å². The number of hydrogen-bond acceptors (Lipinski definition) is 2. The van der Waals surface area contributed by atoms with Crippen molar-refractivity contribution in [2.24, 2.45) is 5.92 Å². The standard InChI is InChI=1S/C14H21NO2/c1-11-6-8-15(2,9-7-11)10-12-4-3-5-13(16)14(12)17/h3-5,11H,6-10H2,1-2H3,(H-,16,17)/p+1. The van der Waals surface area contributed by atoms with Gasteiger partial charge in [0, 0.05) is 0 Å². The maximum Gasteiger partial charge on any atom is 0.166 e. The van der Waals surface area contributed by atoms with Crippen molar-refractivity contribution in [1.82, 2.24) is 0 Å². The zero-order chi connectivity index (χ0) is 12.5. The molecule has 0 saturated carbocycles. The molecule has 3 nitrogen and oxygen atoms in total. The van der Waals surface area contributed by atoms with Gasteiger partial charge < -0.3 is 14.7 Å². The molecule has 1 aromatic rings. The van der Waals surface area contributed by atoms with Crippen LogP contribution in [0, 0.1) is 5.92 Å². The zero-order valence-electron chi connectivity index (χ0n) is 10.7. The first-order chi connectivity index (χ1) is 8.00. The van der Waals surface area contributed by atoms with Gasteiger partial charge in [-0.15, -0.1) is 0 Å². The van der Waals surface area contributed by atoms with E-state index in [2.05, 4.69) is 14.0 Å². The molecule has 17 heavy (non-hydrogen) atoms. The van der Waals surface area contributed by atoms with Crippen molar-refractivity contribution in [3.8, 4) is 11.5 Å². The molecule has 2 N–H and O–H groups in total. The van der Waals surface area contributed by atoms with Gasteiger partial charge in [0.25, 0.3) is 0 Å². The largest absolute Gasteiger partial charge is 0.504 e. The number of quaternary nitrogens is 1. The van der Waals surface area contributed by atoms with Gasteiger partial charge in [-0.05, 0) is 30.9 Å². The molecule has 0 atom stereocenters. The van der Waals surface area contributed by atoms with Gasteiger partial charge in [-0.2, -0.15) is 0 Å². The van der Waals surface area contributed by atoms with E-state index in [9.17, 15) is 10.2 Å². The summed E-state index contributed by atoms with van der Waals surface area (Å²) in [6.45, 7) is 5.40. The van der Waals surface area contributed by atoms with E-state index in [0.29, 0.717) is 0 Å². The summed E-state index contributed by atoms with van der Waals surface area (Å²) >= 11 is 0. The monoisotopic (exact) mass is 236 g/mol. The van der Waals surface area contributed by atoms with Gasteiger partial charge >= 0.3 is 0 Å². The van der Waals surface area contributed by atoms with Crippen LogP contribution in [0.5, 0.6) is 11.5 Å². The van der Waals surface area contributed by atoms with Crippen LogP contribution in [-0.4, -0.2) is 34.8 Å². The normalized spacial score (nSPS) is 29.2. The lowest BCUT2D eigenvalue weighted by atomic mass is 9.96. The molecule has 0 bridgehead atoms. The highest BCUT2D eigenvalue weighted by Gasteiger charge is 2.29. The van der Waals surface area contributed by atoms with Crippen LogP contribution in [0.3, 0.4) is 0 Å². The summed E-state index contributed by atoms with van der Waals surface area (Å²) in [5.41, 5.74) is 0.849. The van der Waals surface area contributed by atoms with E-state index < -0.39 is 0 Å². The summed E-state index contributed by atoms with van der Waals surface area (Å²) in [5.74, 6) is 0.851. The predicted octanol–water partition coefficient (Wildman–Crippen LogP) is 2.47. The number of benzene rings is 1. The number of piperidine rings is 1. The summed E-state index contributed by atoms with van der Waals surface area (Å²) in [4.78, 5) is 0. The highest BCUT2D eigenvalue weighted by atomic mass is 16.3. The highest BCUT2D eigenvalue weighted by Crippen LogP contribution is 2.32. The Labute approximate surface area is 103 Å². The molecular weight excluding hydrogens is 214 g/mol. The number of rotatable bonds is 2. The lowest BCUT2D eigenvalue weighted by molar-refractivity contribution is -0.928. The van der Waals surface area contributed by atoms with E-state index in [4.69, 9.17) is 0 Å². The van der Waals surface area contributed by atoms with Gasteiger partial charge in [-0.1, -0.05) is 13.0 Å². The average molecular weight is 236 g/mol. The van der Waals surface area contributed by atoms with Crippen molar-refractivity contribution < 1.29 is 14.7 Å². The van der Waals surface area contributed by atoms with Crippen molar-refractivity contribution in [2.45, 2.75) is 26.3 Å². The van der Waals surface area contributed by atoms with Crippen LogP contribution in [0.15, 0.2) is 18.2 Å². The molecule has 1 aliphatic heterocycles. The quantitative estimate of drug-likeness (QED) is 0.612. The maximum absolute atomic E-state index is 9.83. The number of nitrogens with zero attached hydrogens (tertiary/aromatic N) is 1. The number of likely N-dealkylation sites (tertiary alicyclic amines) is 1. The maximum atomic E-state index is 9.83. The minimum absolute atomic E-state index is 0.0144. The Kier molecular flexibility index (Phi) is 3.29. The molecule has 0 spiro atoms. The molecular formula is C14H22NO2+. The van der Waals surface area contributed by atoms with Crippen molar-refractivity contribution in [2.75, 3.05) is 20.1 Å². The molecule has 3 heteroatoms. The van der Waals surface area contributed by atoms with Crippen molar-refractivity contribution in [1.29, 1.82) is 0 Å². The Morgan fingerprint density at radius 2 is 1.88 bits per heavy atom.